The SMILES string of the molecule is CCC(N)CCC1CCOCC1. The first kappa shape index (κ1) is 10.0. The van der Waals surface area contributed by atoms with Crippen LogP contribution >= 0.6 is 0 Å². The lowest BCUT2D eigenvalue weighted by atomic mass is 9.92. The summed E-state index contributed by atoms with van der Waals surface area (Å²) in [6, 6.07) is 0.424. The van der Waals surface area contributed by atoms with Crippen molar-refractivity contribution >= 4 is 0 Å². The van der Waals surface area contributed by atoms with E-state index in [1.54, 1.807) is 0 Å². The summed E-state index contributed by atoms with van der Waals surface area (Å²) >= 11 is 0. The second kappa shape index (κ2) is 5.55. The summed E-state index contributed by atoms with van der Waals surface area (Å²) in [5.74, 6) is 0.886. The van der Waals surface area contributed by atoms with Crippen molar-refractivity contribution in [1.29, 1.82) is 0 Å². The molecule has 0 amide bonds. The zero-order valence-electron chi connectivity index (χ0n) is 8.09. The van der Waals surface area contributed by atoms with Gasteiger partial charge in [-0.25, -0.2) is 0 Å². The van der Waals surface area contributed by atoms with E-state index in [4.69, 9.17) is 10.5 Å². The molecule has 0 radical (unpaired) electrons. The summed E-state index contributed by atoms with van der Waals surface area (Å²) in [7, 11) is 0. The monoisotopic (exact) mass is 171 g/mol. The van der Waals surface area contributed by atoms with Crippen molar-refractivity contribution in [3.63, 3.8) is 0 Å². The molecule has 1 saturated heterocycles. The fourth-order valence-corrected chi connectivity index (χ4v) is 1.69. The van der Waals surface area contributed by atoms with Crippen molar-refractivity contribution in [3.8, 4) is 0 Å². The lowest BCUT2D eigenvalue weighted by molar-refractivity contribution is 0.0627. The molecule has 1 heterocycles. The summed E-state index contributed by atoms with van der Waals surface area (Å²) in [5.41, 5.74) is 5.86. The average Bonchev–Trinajstić information content (AvgIpc) is 2.16. The van der Waals surface area contributed by atoms with Crippen LogP contribution in [-0.4, -0.2) is 19.3 Å². The van der Waals surface area contributed by atoms with Gasteiger partial charge in [0.1, 0.15) is 0 Å². The molecule has 1 aliphatic heterocycles. The molecule has 0 bridgehead atoms. The Morgan fingerprint density at radius 2 is 2.08 bits per heavy atom. The first-order valence-electron chi connectivity index (χ1n) is 5.16. The van der Waals surface area contributed by atoms with Gasteiger partial charge in [0, 0.05) is 19.3 Å². The number of rotatable bonds is 4. The third kappa shape index (κ3) is 3.55. The second-order valence-electron chi connectivity index (χ2n) is 3.80. The van der Waals surface area contributed by atoms with Gasteiger partial charge >= 0.3 is 0 Å². The molecule has 1 atom stereocenters. The van der Waals surface area contributed by atoms with Gasteiger partial charge in [-0.15, -0.1) is 0 Å². The van der Waals surface area contributed by atoms with Gasteiger partial charge in [-0.3, -0.25) is 0 Å². The molecule has 1 aliphatic rings. The van der Waals surface area contributed by atoms with Crippen molar-refractivity contribution in [2.24, 2.45) is 11.7 Å². The van der Waals surface area contributed by atoms with Crippen LogP contribution in [0.15, 0.2) is 0 Å². The highest BCUT2D eigenvalue weighted by atomic mass is 16.5. The topological polar surface area (TPSA) is 35.2 Å². The molecule has 1 fully saturated rings. The summed E-state index contributed by atoms with van der Waals surface area (Å²) in [6.45, 7) is 4.09. The lowest BCUT2D eigenvalue weighted by Gasteiger charge is -2.22. The van der Waals surface area contributed by atoms with Crippen LogP contribution in [0.25, 0.3) is 0 Å². The minimum absolute atomic E-state index is 0.424. The molecule has 0 saturated carbocycles. The maximum absolute atomic E-state index is 5.86. The molecule has 72 valence electrons. The zero-order chi connectivity index (χ0) is 8.81. The minimum atomic E-state index is 0.424. The van der Waals surface area contributed by atoms with Crippen molar-refractivity contribution in [2.75, 3.05) is 13.2 Å². The highest BCUT2D eigenvalue weighted by Gasteiger charge is 2.14. The summed E-state index contributed by atoms with van der Waals surface area (Å²) in [6.07, 6.45) is 6.11. The van der Waals surface area contributed by atoms with E-state index >= 15 is 0 Å². The highest BCUT2D eigenvalue weighted by molar-refractivity contribution is 4.67. The number of hydrogen-bond donors (Lipinski definition) is 1. The molecule has 12 heavy (non-hydrogen) atoms. The molecular formula is C10H21NO. The van der Waals surface area contributed by atoms with Gasteiger partial charge in [0.15, 0.2) is 0 Å². The predicted octanol–water partition coefficient (Wildman–Crippen LogP) is 1.93. The Hall–Kier alpha value is -0.0800. The van der Waals surface area contributed by atoms with E-state index < -0.39 is 0 Å². The molecule has 0 aromatic carbocycles. The first-order valence-corrected chi connectivity index (χ1v) is 5.16. The van der Waals surface area contributed by atoms with Gasteiger partial charge in [-0.2, -0.15) is 0 Å². The van der Waals surface area contributed by atoms with Gasteiger partial charge in [-0.1, -0.05) is 6.92 Å². The standard InChI is InChI=1S/C10H21NO/c1-2-10(11)4-3-9-5-7-12-8-6-9/h9-10H,2-8,11H2,1H3. The average molecular weight is 171 g/mol. The van der Waals surface area contributed by atoms with E-state index in [0.29, 0.717) is 6.04 Å². The van der Waals surface area contributed by atoms with E-state index in [-0.39, 0.29) is 0 Å². The van der Waals surface area contributed by atoms with E-state index in [2.05, 4.69) is 6.92 Å². The van der Waals surface area contributed by atoms with Gasteiger partial charge in [0.2, 0.25) is 0 Å². The minimum Gasteiger partial charge on any atom is -0.381 e. The Morgan fingerprint density at radius 3 is 2.67 bits per heavy atom. The Labute approximate surface area is 75.5 Å². The van der Waals surface area contributed by atoms with Crippen LogP contribution < -0.4 is 5.73 Å². The maximum Gasteiger partial charge on any atom is 0.0468 e. The third-order valence-corrected chi connectivity index (χ3v) is 2.81. The summed E-state index contributed by atoms with van der Waals surface area (Å²) in [5, 5.41) is 0. The van der Waals surface area contributed by atoms with Gasteiger partial charge < -0.3 is 10.5 Å². The predicted molar refractivity (Wildman–Crippen MR) is 51.0 cm³/mol. The lowest BCUT2D eigenvalue weighted by Crippen LogP contribution is -2.22. The maximum atomic E-state index is 5.86. The van der Waals surface area contributed by atoms with Crippen LogP contribution in [0.2, 0.25) is 0 Å². The quantitative estimate of drug-likeness (QED) is 0.701. The number of ether oxygens (including phenoxy) is 1. The Kier molecular flexibility index (Phi) is 4.62. The molecule has 2 nitrogen and oxygen atoms in total. The van der Waals surface area contributed by atoms with E-state index in [1.807, 2.05) is 0 Å². The first-order chi connectivity index (χ1) is 5.83. The third-order valence-electron chi connectivity index (χ3n) is 2.81. The van der Waals surface area contributed by atoms with Crippen LogP contribution in [0.5, 0.6) is 0 Å². The fraction of sp³-hybridized carbons (Fsp3) is 1.00. The molecule has 0 aromatic heterocycles. The van der Waals surface area contributed by atoms with Crippen LogP contribution in [-0.2, 0) is 4.74 Å². The van der Waals surface area contributed by atoms with Crippen LogP contribution in [0.3, 0.4) is 0 Å². The van der Waals surface area contributed by atoms with Crippen LogP contribution in [0.1, 0.15) is 39.0 Å². The largest absolute Gasteiger partial charge is 0.381 e. The van der Waals surface area contributed by atoms with Gasteiger partial charge in [-0.05, 0) is 38.0 Å². The highest BCUT2D eigenvalue weighted by Crippen LogP contribution is 2.20. The van der Waals surface area contributed by atoms with Crippen molar-refractivity contribution in [1.82, 2.24) is 0 Å². The Bertz CT molecular complexity index is 110. The number of hydrogen-bond acceptors (Lipinski definition) is 2. The van der Waals surface area contributed by atoms with Gasteiger partial charge in [0.05, 0.1) is 0 Å². The molecule has 0 spiro atoms. The summed E-state index contributed by atoms with van der Waals surface area (Å²) in [4.78, 5) is 0. The Morgan fingerprint density at radius 1 is 1.42 bits per heavy atom. The van der Waals surface area contributed by atoms with Crippen LogP contribution in [0, 0.1) is 5.92 Å². The van der Waals surface area contributed by atoms with E-state index in [9.17, 15) is 0 Å². The van der Waals surface area contributed by atoms with Gasteiger partial charge in [0.25, 0.3) is 0 Å². The van der Waals surface area contributed by atoms with Crippen LogP contribution in [0.4, 0.5) is 0 Å². The van der Waals surface area contributed by atoms with Crippen molar-refractivity contribution < 1.29 is 4.74 Å². The molecular weight excluding hydrogens is 150 g/mol. The normalized spacial score (nSPS) is 22.5. The van der Waals surface area contributed by atoms with E-state index in [1.165, 1.54) is 25.7 Å². The number of nitrogens with two attached hydrogens (primary N) is 1. The Balaban J connectivity index is 2.05. The molecule has 0 aromatic rings. The molecule has 2 heteroatoms. The van der Waals surface area contributed by atoms with E-state index in [0.717, 1.165) is 25.6 Å². The molecule has 2 N–H and O–H groups in total. The van der Waals surface area contributed by atoms with Crippen molar-refractivity contribution in [3.05, 3.63) is 0 Å². The molecule has 0 aliphatic carbocycles. The second-order valence-corrected chi connectivity index (χ2v) is 3.80. The smallest absolute Gasteiger partial charge is 0.0468 e. The molecule has 1 rings (SSSR count). The molecule has 1 unspecified atom stereocenters. The summed E-state index contributed by atoms with van der Waals surface area (Å²) < 4.78 is 5.30. The zero-order valence-corrected chi connectivity index (χ0v) is 8.09. The van der Waals surface area contributed by atoms with Crippen molar-refractivity contribution in [2.45, 2.75) is 45.1 Å². The fourth-order valence-electron chi connectivity index (χ4n) is 1.69.